The molecule has 1 aromatic carbocycles. The van der Waals surface area contributed by atoms with Crippen LogP contribution in [0.15, 0.2) is 42.6 Å². The van der Waals surface area contributed by atoms with Gasteiger partial charge in [0, 0.05) is 29.9 Å². The average molecular weight is 321 g/mol. The van der Waals surface area contributed by atoms with Crippen LogP contribution in [0.4, 0.5) is 11.4 Å². The van der Waals surface area contributed by atoms with Crippen LogP contribution in [-0.4, -0.2) is 23.3 Å². The Bertz CT molecular complexity index is 814. The van der Waals surface area contributed by atoms with Crippen LogP contribution < -0.4 is 10.2 Å². The molecule has 1 fully saturated rings. The number of nitrogens with one attached hydrogen (secondary N) is 1. The molecule has 1 unspecified atom stereocenters. The number of nitrogens with zero attached hydrogens (tertiary/aromatic N) is 2. The molecule has 5 heteroatoms. The van der Waals surface area contributed by atoms with Gasteiger partial charge >= 0.3 is 0 Å². The van der Waals surface area contributed by atoms with Gasteiger partial charge in [-0.1, -0.05) is 19.1 Å². The molecular formula is C19H19N3O2. The fraction of sp³-hybridized carbons (Fsp3) is 0.316. The lowest BCUT2D eigenvalue weighted by Crippen LogP contribution is -2.36. The quantitative estimate of drug-likeness (QED) is 0.924. The third-order valence-electron chi connectivity index (χ3n) is 4.63. The van der Waals surface area contributed by atoms with Gasteiger partial charge in [-0.15, -0.1) is 0 Å². The van der Waals surface area contributed by atoms with Crippen LogP contribution in [0, 0.1) is 5.92 Å². The van der Waals surface area contributed by atoms with Gasteiger partial charge in [0.1, 0.15) is 0 Å². The van der Waals surface area contributed by atoms with Crippen molar-refractivity contribution >= 4 is 23.2 Å². The Morgan fingerprint density at radius 3 is 2.83 bits per heavy atom. The number of anilines is 2. The minimum atomic E-state index is -0.272. The van der Waals surface area contributed by atoms with Crippen molar-refractivity contribution in [2.24, 2.45) is 5.92 Å². The fourth-order valence-electron chi connectivity index (χ4n) is 3.06. The second-order valence-electron chi connectivity index (χ2n) is 6.57. The van der Waals surface area contributed by atoms with Crippen molar-refractivity contribution in [2.75, 3.05) is 16.8 Å². The molecule has 122 valence electrons. The van der Waals surface area contributed by atoms with E-state index in [9.17, 15) is 9.59 Å². The SMILES string of the molecule is CC1CN(C(=O)c2ccnc(C3CC3)c2)c2ccccc2NC1=O. The lowest BCUT2D eigenvalue weighted by Gasteiger charge is -2.23. The number of benzene rings is 1. The second-order valence-corrected chi connectivity index (χ2v) is 6.57. The van der Waals surface area contributed by atoms with Crippen LogP contribution in [0.25, 0.3) is 0 Å². The Hall–Kier alpha value is -2.69. The molecule has 2 heterocycles. The number of hydrogen-bond acceptors (Lipinski definition) is 3. The predicted molar refractivity (Wildman–Crippen MR) is 92.1 cm³/mol. The normalized spacial score (nSPS) is 20.1. The summed E-state index contributed by atoms with van der Waals surface area (Å²) in [5, 5.41) is 2.90. The molecule has 1 aliphatic carbocycles. The first-order chi connectivity index (χ1) is 11.6. The highest BCUT2D eigenvalue weighted by Gasteiger charge is 2.30. The average Bonchev–Trinajstić information content (AvgIpc) is 3.44. The van der Waals surface area contributed by atoms with Crippen molar-refractivity contribution in [3.05, 3.63) is 53.9 Å². The first-order valence-electron chi connectivity index (χ1n) is 8.31. The molecule has 1 aromatic heterocycles. The summed E-state index contributed by atoms with van der Waals surface area (Å²) in [4.78, 5) is 31.4. The van der Waals surface area contributed by atoms with Gasteiger partial charge in [-0.05, 0) is 37.1 Å². The largest absolute Gasteiger partial charge is 0.324 e. The van der Waals surface area contributed by atoms with E-state index < -0.39 is 0 Å². The van der Waals surface area contributed by atoms with Gasteiger partial charge in [-0.3, -0.25) is 14.6 Å². The van der Waals surface area contributed by atoms with Gasteiger partial charge in [0.05, 0.1) is 17.3 Å². The summed E-state index contributed by atoms with van der Waals surface area (Å²) in [5.41, 5.74) is 3.04. The molecule has 4 rings (SSSR count). The van der Waals surface area contributed by atoms with Gasteiger partial charge in [-0.25, -0.2) is 0 Å². The van der Waals surface area contributed by atoms with Crippen molar-refractivity contribution in [2.45, 2.75) is 25.7 Å². The molecule has 0 bridgehead atoms. The number of para-hydroxylation sites is 2. The Labute approximate surface area is 140 Å². The number of amides is 2. The number of carbonyl (C=O) groups is 2. The number of pyridine rings is 1. The second kappa shape index (κ2) is 5.74. The van der Waals surface area contributed by atoms with Gasteiger partial charge < -0.3 is 10.2 Å². The van der Waals surface area contributed by atoms with E-state index in [4.69, 9.17) is 0 Å². The van der Waals surface area contributed by atoms with Crippen molar-refractivity contribution in [3.8, 4) is 0 Å². The fourth-order valence-corrected chi connectivity index (χ4v) is 3.06. The third-order valence-corrected chi connectivity index (χ3v) is 4.63. The smallest absolute Gasteiger partial charge is 0.258 e. The predicted octanol–water partition coefficient (Wildman–Crippen LogP) is 3.19. The van der Waals surface area contributed by atoms with Crippen molar-refractivity contribution in [1.29, 1.82) is 0 Å². The standard InChI is InChI=1S/C19H19N3O2/c1-12-11-22(17-5-3-2-4-15(17)21-18(12)23)19(24)14-8-9-20-16(10-14)13-6-7-13/h2-5,8-10,12-13H,6-7,11H2,1H3,(H,21,23). The zero-order valence-electron chi connectivity index (χ0n) is 13.5. The first-order valence-corrected chi connectivity index (χ1v) is 8.31. The van der Waals surface area contributed by atoms with Gasteiger partial charge in [0.25, 0.3) is 5.91 Å². The number of fused-ring (bicyclic) bond motifs is 1. The maximum absolute atomic E-state index is 13.1. The number of aromatic nitrogens is 1. The summed E-state index contributed by atoms with van der Waals surface area (Å²) >= 11 is 0. The Kier molecular flexibility index (Phi) is 3.56. The highest BCUT2D eigenvalue weighted by Crippen LogP contribution is 2.39. The first kappa shape index (κ1) is 14.9. The highest BCUT2D eigenvalue weighted by molar-refractivity contribution is 6.10. The topological polar surface area (TPSA) is 62.3 Å². The van der Waals surface area contributed by atoms with Crippen LogP contribution in [0.2, 0.25) is 0 Å². The summed E-state index contributed by atoms with van der Waals surface area (Å²) in [5.74, 6) is 0.0728. The van der Waals surface area contributed by atoms with E-state index in [-0.39, 0.29) is 17.7 Å². The molecule has 0 spiro atoms. The molecule has 2 aliphatic rings. The number of rotatable bonds is 2. The monoisotopic (exact) mass is 321 g/mol. The molecule has 2 aromatic rings. The summed E-state index contributed by atoms with van der Waals surface area (Å²) < 4.78 is 0. The van der Waals surface area contributed by atoms with E-state index in [2.05, 4.69) is 10.3 Å². The molecule has 1 atom stereocenters. The molecule has 1 saturated carbocycles. The lowest BCUT2D eigenvalue weighted by molar-refractivity contribution is -0.119. The minimum absolute atomic E-state index is 0.0638. The summed E-state index contributed by atoms with van der Waals surface area (Å²) in [7, 11) is 0. The molecule has 1 aliphatic heterocycles. The molecule has 5 nitrogen and oxygen atoms in total. The Morgan fingerprint density at radius 2 is 2.04 bits per heavy atom. The third kappa shape index (κ3) is 2.66. The van der Waals surface area contributed by atoms with Crippen LogP contribution in [0.1, 0.15) is 41.7 Å². The van der Waals surface area contributed by atoms with E-state index in [1.165, 1.54) is 0 Å². The maximum Gasteiger partial charge on any atom is 0.258 e. The number of hydrogen-bond donors (Lipinski definition) is 1. The van der Waals surface area contributed by atoms with Crippen LogP contribution in [0.5, 0.6) is 0 Å². The van der Waals surface area contributed by atoms with Crippen LogP contribution in [-0.2, 0) is 4.79 Å². The maximum atomic E-state index is 13.1. The van der Waals surface area contributed by atoms with Crippen LogP contribution in [0.3, 0.4) is 0 Å². The van der Waals surface area contributed by atoms with Gasteiger partial charge in [-0.2, -0.15) is 0 Å². The van der Waals surface area contributed by atoms with Gasteiger partial charge in [0.2, 0.25) is 5.91 Å². The molecule has 2 amide bonds. The van der Waals surface area contributed by atoms with E-state index >= 15 is 0 Å². The Balaban J connectivity index is 1.72. The van der Waals surface area contributed by atoms with Gasteiger partial charge in [0.15, 0.2) is 0 Å². The molecular weight excluding hydrogens is 302 g/mol. The molecule has 1 N–H and O–H groups in total. The summed E-state index contributed by atoms with van der Waals surface area (Å²) in [6, 6.07) is 11.1. The van der Waals surface area contributed by atoms with E-state index in [1.54, 1.807) is 17.2 Å². The summed E-state index contributed by atoms with van der Waals surface area (Å²) in [6.45, 7) is 2.20. The molecule has 0 saturated heterocycles. The highest BCUT2D eigenvalue weighted by atomic mass is 16.2. The zero-order valence-corrected chi connectivity index (χ0v) is 13.5. The minimum Gasteiger partial charge on any atom is -0.324 e. The van der Waals surface area contributed by atoms with E-state index in [1.807, 2.05) is 37.3 Å². The molecule has 24 heavy (non-hydrogen) atoms. The van der Waals surface area contributed by atoms with E-state index in [0.717, 1.165) is 24.2 Å². The van der Waals surface area contributed by atoms with Crippen LogP contribution >= 0.6 is 0 Å². The zero-order chi connectivity index (χ0) is 16.7. The van der Waals surface area contributed by atoms with Crippen molar-refractivity contribution < 1.29 is 9.59 Å². The number of carbonyl (C=O) groups excluding carboxylic acids is 2. The van der Waals surface area contributed by atoms with Crippen molar-refractivity contribution in [3.63, 3.8) is 0 Å². The summed E-state index contributed by atoms with van der Waals surface area (Å²) in [6.07, 6.45) is 4.00. The van der Waals surface area contributed by atoms with Crippen molar-refractivity contribution in [1.82, 2.24) is 4.98 Å². The molecule has 0 radical (unpaired) electrons. The van der Waals surface area contributed by atoms with E-state index in [0.29, 0.717) is 23.7 Å². The Morgan fingerprint density at radius 1 is 1.25 bits per heavy atom. The lowest BCUT2D eigenvalue weighted by atomic mass is 10.1.